The molecular weight excluding hydrogens is 704 g/mol. The van der Waals surface area contributed by atoms with Crippen LogP contribution in [0.4, 0.5) is 0 Å². The van der Waals surface area contributed by atoms with Crippen molar-refractivity contribution in [2.75, 3.05) is 6.61 Å². The molecule has 4 N–H and O–H groups in total. The molecule has 290 valence electrons. The van der Waals surface area contributed by atoms with Crippen LogP contribution in [0.3, 0.4) is 0 Å². The molecule has 2 aromatic carbocycles. The Morgan fingerprint density at radius 2 is 1.50 bits per heavy atom. The lowest BCUT2D eigenvalue weighted by molar-refractivity contribution is -0.346. The molecule has 6 rings (SSSR count). The number of esters is 4. The van der Waals surface area contributed by atoms with Crippen LogP contribution >= 0.6 is 0 Å². The zero-order valence-electron chi connectivity index (χ0n) is 30.9. The molecule has 14 nitrogen and oxygen atoms in total. The molecule has 3 aliphatic carbocycles. The van der Waals surface area contributed by atoms with Gasteiger partial charge >= 0.3 is 23.9 Å². The second kappa shape index (κ2) is 14.0. The summed E-state index contributed by atoms with van der Waals surface area (Å²) in [7, 11) is 0. The predicted octanol–water partition coefficient (Wildman–Crippen LogP) is 2.30. The molecule has 1 unspecified atom stereocenters. The lowest BCUT2D eigenvalue weighted by atomic mass is 9.44. The van der Waals surface area contributed by atoms with Gasteiger partial charge in [0.1, 0.15) is 30.0 Å². The van der Waals surface area contributed by atoms with Gasteiger partial charge in [-0.05, 0) is 42.7 Å². The first-order valence-electron chi connectivity index (χ1n) is 17.8. The van der Waals surface area contributed by atoms with Gasteiger partial charge in [-0.1, -0.05) is 62.4 Å². The van der Waals surface area contributed by atoms with Crippen LogP contribution in [0.1, 0.15) is 76.4 Å². The van der Waals surface area contributed by atoms with E-state index >= 15 is 4.79 Å². The molecular formula is C40H46O14. The summed E-state index contributed by atoms with van der Waals surface area (Å²) >= 11 is 0. The maximum Gasteiger partial charge on any atom is 0.338 e. The summed E-state index contributed by atoms with van der Waals surface area (Å²) in [5.74, 6) is -6.22. The molecule has 11 atom stereocenters. The van der Waals surface area contributed by atoms with E-state index in [0.717, 1.165) is 13.8 Å². The number of hydrogen-bond acceptors (Lipinski definition) is 14. The number of rotatable bonds is 8. The highest BCUT2D eigenvalue weighted by Crippen LogP contribution is 2.64. The van der Waals surface area contributed by atoms with Gasteiger partial charge in [0.25, 0.3) is 0 Å². The third kappa shape index (κ3) is 6.04. The highest BCUT2D eigenvalue weighted by molar-refractivity contribution is 5.95. The Bertz CT molecular complexity index is 1860. The van der Waals surface area contributed by atoms with Gasteiger partial charge in [-0.25, -0.2) is 9.59 Å². The smallest absolute Gasteiger partial charge is 0.338 e. The molecule has 0 amide bonds. The number of carbonyl (C=O) groups excluding carboxylic acids is 5. The number of benzene rings is 2. The molecule has 1 heterocycles. The van der Waals surface area contributed by atoms with Crippen LogP contribution in [0, 0.1) is 16.7 Å². The van der Waals surface area contributed by atoms with E-state index in [1.165, 1.54) is 38.1 Å². The number of carbonyl (C=O) groups is 5. The van der Waals surface area contributed by atoms with Crippen molar-refractivity contribution in [3.63, 3.8) is 0 Å². The quantitative estimate of drug-likeness (QED) is 0.173. The number of aliphatic hydroxyl groups excluding tert-OH is 3. The number of fused-ring (bicyclic) bond motifs is 5. The maximum absolute atomic E-state index is 15.3. The fraction of sp³-hybridized carbons (Fsp3) is 0.525. The average molecular weight is 751 g/mol. The molecule has 0 spiro atoms. The average Bonchev–Trinajstić information content (AvgIpc) is 3.12. The standard InChI is InChI=1S/C40H46O14/c1-20-25(52-36(48)30(45)29(44)23-13-9-7-10-14-23)18-40(49)34(53-35(47)24-15-11-8-12-16-24)32-38(6,26(43)17-27-39(32,19-50-27)54-22(3)42)33(46)31(51-21(2)41)28(20)37(40,4)5/h7-16,25-27,29-32,34,43-45,49H,17-19H2,1-6H3/t25-,26-,27+,29+,30+,31+,32?,34-,38+,39-,40+/m0/s1. The summed E-state index contributed by atoms with van der Waals surface area (Å²) in [5, 5.41) is 47.2. The van der Waals surface area contributed by atoms with Gasteiger partial charge in [-0.3, -0.25) is 14.4 Å². The van der Waals surface area contributed by atoms with Crippen molar-refractivity contribution in [3.05, 3.63) is 82.9 Å². The molecule has 2 bridgehead atoms. The van der Waals surface area contributed by atoms with Gasteiger partial charge < -0.3 is 44.1 Å². The predicted molar refractivity (Wildman–Crippen MR) is 186 cm³/mol. The van der Waals surface area contributed by atoms with E-state index < -0.39 is 107 Å². The summed E-state index contributed by atoms with van der Waals surface area (Å²) < 4.78 is 29.8. The van der Waals surface area contributed by atoms with E-state index in [2.05, 4.69) is 0 Å². The Labute approximate surface area is 312 Å². The zero-order valence-corrected chi connectivity index (χ0v) is 30.9. The monoisotopic (exact) mass is 750 g/mol. The summed E-state index contributed by atoms with van der Waals surface area (Å²) in [6, 6.07) is 15.8. The Morgan fingerprint density at radius 1 is 0.889 bits per heavy atom. The summed E-state index contributed by atoms with van der Waals surface area (Å²) in [5.41, 5.74) is -7.26. The number of Topliss-reactive ketones (excluding diaryl/α,β-unsaturated/α-hetero) is 1. The number of ketones is 1. The van der Waals surface area contributed by atoms with Crippen molar-refractivity contribution in [1.82, 2.24) is 0 Å². The van der Waals surface area contributed by atoms with Gasteiger partial charge in [0.05, 0.1) is 29.6 Å². The van der Waals surface area contributed by atoms with E-state index in [1.54, 1.807) is 50.2 Å². The van der Waals surface area contributed by atoms with Crippen LogP contribution in [0.5, 0.6) is 0 Å². The normalized spacial score (nSPS) is 35.0. The maximum atomic E-state index is 15.3. The van der Waals surface area contributed by atoms with Crippen LogP contribution in [0.25, 0.3) is 0 Å². The number of aliphatic hydroxyl groups is 4. The molecule has 2 aromatic rings. The van der Waals surface area contributed by atoms with E-state index in [1.807, 2.05) is 0 Å². The molecule has 0 aromatic heterocycles. The van der Waals surface area contributed by atoms with Gasteiger partial charge in [-0.15, -0.1) is 0 Å². The van der Waals surface area contributed by atoms with Crippen molar-refractivity contribution >= 4 is 29.7 Å². The SMILES string of the molecule is CC(=O)O[C@H]1C(=O)[C@@]2(C)C([C@H](OC(=O)c3ccccc3)[C@]3(O)C[C@H](OC(=O)[C@H](O)[C@H](O)c4ccccc4)C(C)=C1C3(C)C)[C@]1(OC(C)=O)CO[C@@H]1C[C@@H]2O. The fourth-order valence-corrected chi connectivity index (χ4v) is 9.19. The van der Waals surface area contributed by atoms with Crippen molar-refractivity contribution in [3.8, 4) is 0 Å². The largest absolute Gasteiger partial charge is 0.456 e. The Morgan fingerprint density at radius 3 is 2.06 bits per heavy atom. The topological polar surface area (TPSA) is 212 Å². The Balaban J connectivity index is 1.58. The fourth-order valence-electron chi connectivity index (χ4n) is 9.19. The molecule has 4 aliphatic rings. The van der Waals surface area contributed by atoms with E-state index in [4.69, 9.17) is 23.7 Å². The molecule has 2 saturated carbocycles. The zero-order chi connectivity index (χ0) is 39.5. The minimum absolute atomic E-state index is 0.00787. The second-order valence-corrected chi connectivity index (χ2v) is 15.5. The van der Waals surface area contributed by atoms with E-state index in [0.29, 0.717) is 0 Å². The third-order valence-electron chi connectivity index (χ3n) is 12.1. The summed E-state index contributed by atoms with van der Waals surface area (Å²) in [6.45, 7) is 7.96. The molecule has 54 heavy (non-hydrogen) atoms. The molecule has 3 fully saturated rings. The van der Waals surface area contributed by atoms with Gasteiger partial charge in [0.15, 0.2) is 23.6 Å². The first-order valence-corrected chi connectivity index (χ1v) is 17.8. The van der Waals surface area contributed by atoms with Crippen molar-refractivity contribution in [2.45, 2.75) is 108 Å². The van der Waals surface area contributed by atoms with Gasteiger partial charge in [-0.2, -0.15) is 0 Å². The molecule has 14 heteroatoms. The van der Waals surface area contributed by atoms with Crippen LogP contribution < -0.4 is 0 Å². The minimum Gasteiger partial charge on any atom is -0.456 e. The van der Waals surface area contributed by atoms with E-state index in [-0.39, 0.29) is 35.3 Å². The summed E-state index contributed by atoms with van der Waals surface area (Å²) in [6.07, 6.45) is -12.1. The van der Waals surface area contributed by atoms with E-state index in [9.17, 15) is 39.6 Å². The highest BCUT2D eigenvalue weighted by Gasteiger charge is 2.78. The van der Waals surface area contributed by atoms with Crippen molar-refractivity contribution in [1.29, 1.82) is 0 Å². The number of hydrogen-bond donors (Lipinski definition) is 4. The van der Waals surface area contributed by atoms with Crippen molar-refractivity contribution < 1.29 is 68.1 Å². The minimum atomic E-state index is -2.35. The van der Waals surface area contributed by atoms with Crippen molar-refractivity contribution in [2.24, 2.45) is 16.7 Å². The third-order valence-corrected chi connectivity index (χ3v) is 12.1. The number of ether oxygens (including phenoxy) is 5. The lowest BCUT2D eigenvalue weighted by Crippen LogP contribution is -2.82. The highest BCUT2D eigenvalue weighted by atomic mass is 16.6. The van der Waals surface area contributed by atoms with Gasteiger partial charge in [0.2, 0.25) is 0 Å². The first-order chi connectivity index (χ1) is 25.3. The van der Waals surface area contributed by atoms with Gasteiger partial charge in [0, 0.05) is 32.1 Å². The molecule has 1 saturated heterocycles. The van der Waals surface area contributed by atoms with Crippen LogP contribution in [0.2, 0.25) is 0 Å². The first kappa shape index (κ1) is 39.2. The molecule has 0 radical (unpaired) electrons. The van der Waals surface area contributed by atoms with Crippen LogP contribution in [-0.4, -0.2) is 105 Å². The second-order valence-electron chi connectivity index (χ2n) is 15.5. The lowest BCUT2D eigenvalue weighted by Gasteiger charge is -2.67. The Kier molecular flexibility index (Phi) is 10.2. The summed E-state index contributed by atoms with van der Waals surface area (Å²) in [4.78, 5) is 68.6. The van der Waals surface area contributed by atoms with Crippen LogP contribution in [0.15, 0.2) is 71.8 Å². The van der Waals surface area contributed by atoms with Crippen LogP contribution in [-0.2, 0) is 42.9 Å². The Hall–Kier alpha value is -4.47. The molecule has 1 aliphatic heterocycles.